The Hall–Kier alpha value is -1.95. The third-order valence-electron chi connectivity index (χ3n) is 4.86. The van der Waals surface area contributed by atoms with Crippen molar-refractivity contribution in [3.05, 3.63) is 35.6 Å². The van der Waals surface area contributed by atoms with Crippen LogP contribution in [0.2, 0.25) is 0 Å². The molecule has 1 unspecified atom stereocenters. The van der Waals surface area contributed by atoms with Crippen LogP contribution in [0.3, 0.4) is 0 Å². The number of likely N-dealkylation sites (tertiary alicyclic amines) is 1. The first-order valence-corrected chi connectivity index (χ1v) is 9.03. The first-order chi connectivity index (χ1) is 12.1. The molecule has 0 bridgehead atoms. The Bertz CT molecular complexity index is 622. The molecular weight excluding hydrogens is 323 g/mol. The van der Waals surface area contributed by atoms with Crippen molar-refractivity contribution in [2.75, 3.05) is 32.8 Å². The average Bonchev–Trinajstić information content (AvgIpc) is 2.61. The molecule has 0 aromatic heterocycles. The van der Waals surface area contributed by atoms with Gasteiger partial charge in [-0.1, -0.05) is 12.1 Å². The van der Waals surface area contributed by atoms with Crippen LogP contribution in [0.4, 0.5) is 4.39 Å². The molecule has 0 radical (unpaired) electrons. The number of hydrogen-bond acceptors (Lipinski definition) is 3. The van der Waals surface area contributed by atoms with E-state index in [1.165, 1.54) is 12.1 Å². The highest BCUT2D eigenvalue weighted by Gasteiger charge is 2.25. The van der Waals surface area contributed by atoms with Gasteiger partial charge in [-0.25, -0.2) is 4.39 Å². The van der Waals surface area contributed by atoms with E-state index >= 15 is 0 Å². The molecule has 2 aliphatic rings. The second kappa shape index (κ2) is 8.43. The fourth-order valence-electron chi connectivity index (χ4n) is 3.48. The van der Waals surface area contributed by atoms with Crippen LogP contribution in [-0.2, 0) is 20.7 Å². The number of ether oxygens (including phenoxy) is 1. The normalized spacial score (nSPS) is 21.5. The molecule has 2 amide bonds. The number of nitrogens with zero attached hydrogens (tertiary/aromatic N) is 2. The number of carbonyl (C=O) groups is 2. The standard InChI is InChI=1S/C19H25FN2O3/c20-16-5-3-4-15(12-16)13-17-14-22(10-11-25-17)19(24)7-9-21-8-2-1-6-18(21)23/h3-5,12,17H,1-2,6-11,13-14H2. The highest BCUT2D eigenvalue weighted by molar-refractivity contribution is 5.79. The molecular formula is C19H25FN2O3. The third kappa shape index (κ3) is 5.01. The Balaban J connectivity index is 1.48. The van der Waals surface area contributed by atoms with Crippen LogP contribution in [0.5, 0.6) is 0 Å². The fourth-order valence-corrected chi connectivity index (χ4v) is 3.48. The van der Waals surface area contributed by atoms with Crippen LogP contribution in [0.25, 0.3) is 0 Å². The molecule has 136 valence electrons. The lowest BCUT2D eigenvalue weighted by atomic mass is 10.1. The molecule has 0 aliphatic carbocycles. The summed E-state index contributed by atoms with van der Waals surface area (Å²) in [6.45, 7) is 2.85. The highest BCUT2D eigenvalue weighted by atomic mass is 19.1. The molecule has 1 aromatic rings. The predicted octanol–water partition coefficient (Wildman–Crippen LogP) is 2.00. The quantitative estimate of drug-likeness (QED) is 0.818. The van der Waals surface area contributed by atoms with Gasteiger partial charge in [0, 0.05) is 45.4 Å². The zero-order valence-electron chi connectivity index (χ0n) is 14.5. The number of piperidine rings is 1. The van der Waals surface area contributed by atoms with E-state index in [2.05, 4.69) is 0 Å². The zero-order valence-corrected chi connectivity index (χ0v) is 14.5. The number of hydrogen-bond donors (Lipinski definition) is 0. The highest BCUT2D eigenvalue weighted by Crippen LogP contribution is 2.15. The summed E-state index contributed by atoms with van der Waals surface area (Å²) in [6.07, 6.45) is 3.41. The van der Waals surface area contributed by atoms with Gasteiger partial charge in [0.2, 0.25) is 11.8 Å². The van der Waals surface area contributed by atoms with Crippen LogP contribution >= 0.6 is 0 Å². The molecule has 5 nitrogen and oxygen atoms in total. The van der Waals surface area contributed by atoms with E-state index in [0.717, 1.165) is 24.9 Å². The summed E-state index contributed by atoms with van der Waals surface area (Å²) in [5.41, 5.74) is 0.873. The summed E-state index contributed by atoms with van der Waals surface area (Å²) in [5, 5.41) is 0. The van der Waals surface area contributed by atoms with Crippen molar-refractivity contribution >= 4 is 11.8 Å². The van der Waals surface area contributed by atoms with E-state index in [1.807, 2.05) is 11.0 Å². The third-order valence-corrected chi connectivity index (χ3v) is 4.86. The summed E-state index contributed by atoms with van der Waals surface area (Å²) < 4.78 is 19.0. The van der Waals surface area contributed by atoms with Gasteiger partial charge < -0.3 is 14.5 Å². The second-order valence-electron chi connectivity index (χ2n) is 6.75. The average molecular weight is 348 g/mol. The summed E-state index contributed by atoms with van der Waals surface area (Å²) in [5.74, 6) is -0.0386. The first-order valence-electron chi connectivity index (χ1n) is 9.03. The minimum absolute atomic E-state index is 0.0610. The Kier molecular flexibility index (Phi) is 6.02. The Morgan fingerprint density at radius 1 is 1.28 bits per heavy atom. The maximum absolute atomic E-state index is 13.3. The summed E-state index contributed by atoms with van der Waals surface area (Å²) in [4.78, 5) is 27.9. The molecule has 2 aliphatic heterocycles. The maximum Gasteiger partial charge on any atom is 0.224 e. The van der Waals surface area contributed by atoms with Crippen LogP contribution in [0.15, 0.2) is 24.3 Å². The SMILES string of the molecule is O=C1CCCCN1CCC(=O)N1CCOC(Cc2cccc(F)c2)C1. The lowest BCUT2D eigenvalue weighted by molar-refractivity contribution is -0.140. The number of carbonyl (C=O) groups excluding carboxylic acids is 2. The lowest BCUT2D eigenvalue weighted by Gasteiger charge is -2.34. The topological polar surface area (TPSA) is 49.9 Å². The molecule has 2 fully saturated rings. The van der Waals surface area contributed by atoms with E-state index in [-0.39, 0.29) is 23.7 Å². The smallest absolute Gasteiger partial charge is 0.224 e. The van der Waals surface area contributed by atoms with Gasteiger partial charge in [0.25, 0.3) is 0 Å². The van der Waals surface area contributed by atoms with Crippen molar-refractivity contribution in [1.29, 1.82) is 0 Å². The fraction of sp³-hybridized carbons (Fsp3) is 0.579. The van der Waals surface area contributed by atoms with Crippen molar-refractivity contribution in [3.63, 3.8) is 0 Å². The van der Waals surface area contributed by atoms with Gasteiger partial charge in [-0.05, 0) is 30.5 Å². The second-order valence-corrected chi connectivity index (χ2v) is 6.75. The van der Waals surface area contributed by atoms with Gasteiger partial charge in [0.15, 0.2) is 0 Å². The first kappa shape index (κ1) is 17.9. The number of halogens is 1. The van der Waals surface area contributed by atoms with Crippen LogP contribution in [-0.4, -0.2) is 60.5 Å². The number of benzene rings is 1. The number of rotatable bonds is 5. The molecule has 1 atom stereocenters. The minimum Gasteiger partial charge on any atom is -0.374 e. The van der Waals surface area contributed by atoms with E-state index in [4.69, 9.17) is 4.74 Å². The summed E-state index contributed by atoms with van der Waals surface area (Å²) >= 11 is 0. The van der Waals surface area contributed by atoms with Gasteiger partial charge >= 0.3 is 0 Å². The van der Waals surface area contributed by atoms with E-state index in [9.17, 15) is 14.0 Å². The molecule has 6 heteroatoms. The molecule has 3 rings (SSSR count). The van der Waals surface area contributed by atoms with Crippen LogP contribution < -0.4 is 0 Å². The minimum atomic E-state index is -0.257. The van der Waals surface area contributed by atoms with Crippen molar-refractivity contribution in [3.8, 4) is 0 Å². The maximum atomic E-state index is 13.3. The Morgan fingerprint density at radius 2 is 2.16 bits per heavy atom. The van der Waals surface area contributed by atoms with E-state index in [1.54, 1.807) is 11.0 Å². The molecule has 0 spiro atoms. The zero-order chi connectivity index (χ0) is 17.6. The van der Waals surface area contributed by atoms with Gasteiger partial charge in [-0.3, -0.25) is 9.59 Å². The number of morpholine rings is 1. The number of amides is 2. The van der Waals surface area contributed by atoms with Crippen molar-refractivity contribution < 1.29 is 18.7 Å². The Morgan fingerprint density at radius 3 is 2.96 bits per heavy atom. The van der Waals surface area contributed by atoms with Crippen LogP contribution in [0, 0.1) is 5.82 Å². The molecule has 2 heterocycles. The Labute approximate surface area is 147 Å². The van der Waals surface area contributed by atoms with Gasteiger partial charge in [0.1, 0.15) is 5.82 Å². The molecule has 2 saturated heterocycles. The molecule has 25 heavy (non-hydrogen) atoms. The monoisotopic (exact) mass is 348 g/mol. The van der Waals surface area contributed by atoms with E-state index < -0.39 is 0 Å². The van der Waals surface area contributed by atoms with Crippen LogP contribution in [0.1, 0.15) is 31.2 Å². The van der Waals surface area contributed by atoms with Crippen molar-refractivity contribution in [1.82, 2.24) is 9.80 Å². The predicted molar refractivity (Wildman–Crippen MR) is 91.5 cm³/mol. The van der Waals surface area contributed by atoms with E-state index in [0.29, 0.717) is 45.5 Å². The largest absolute Gasteiger partial charge is 0.374 e. The lowest BCUT2D eigenvalue weighted by Crippen LogP contribution is -2.47. The van der Waals surface area contributed by atoms with Gasteiger partial charge in [-0.15, -0.1) is 0 Å². The molecule has 0 N–H and O–H groups in total. The van der Waals surface area contributed by atoms with Gasteiger partial charge in [0.05, 0.1) is 12.7 Å². The van der Waals surface area contributed by atoms with Crippen molar-refractivity contribution in [2.45, 2.75) is 38.2 Å². The van der Waals surface area contributed by atoms with Crippen molar-refractivity contribution in [2.24, 2.45) is 0 Å². The summed E-state index contributed by atoms with van der Waals surface area (Å²) in [7, 11) is 0. The molecule has 1 aromatic carbocycles. The summed E-state index contributed by atoms with van der Waals surface area (Å²) in [6, 6.07) is 6.48. The van der Waals surface area contributed by atoms with Gasteiger partial charge in [-0.2, -0.15) is 0 Å². The molecule has 0 saturated carbocycles.